The smallest absolute Gasteiger partial charge is 0.262 e. The minimum Gasteiger partial charge on any atom is -0.482 e. The first kappa shape index (κ1) is 17.3. The molecule has 25 heavy (non-hydrogen) atoms. The van der Waals surface area contributed by atoms with Crippen LogP contribution in [0.2, 0.25) is 5.02 Å². The summed E-state index contributed by atoms with van der Waals surface area (Å²) in [5.74, 6) is 0.237. The molecular formula is C19H19ClN2O3. The van der Waals surface area contributed by atoms with E-state index in [-0.39, 0.29) is 18.4 Å². The largest absolute Gasteiger partial charge is 0.482 e. The number of nitrogens with one attached hydrogen (secondary N) is 1. The molecule has 3 rings (SSSR count). The molecule has 1 N–H and O–H groups in total. The van der Waals surface area contributed by atoms with E-state index in [1.165, 1.54) is 0 Å². The molecule has 1 fully saturated rings. The molecular weight excluding hydrogens is 340 g/mol. The highest BCUT2D eigenvalue weighted by Gasteiger charge is 2.24. The van der Waals surface area contributed by atoms with E-state index in [0.717, 1.165) is 12.0 Å². The van der Waals surface area contributed by atoms with Crippen molar-refractivity contribution in [2.24, 2.45) is 0 Å². The maximum Gasteiger partial charge on any atom is 0.262 e. The summed E-state index contributed by atoms with van der Waals surface area (Å²) in [6, 6.07) is 12.7. The molecule has 2 amide bonds. The lowest BCUT2D eigenvalue weighted by atomic mass is 10.2. The number of halogens is 1. The monoisotopic (exact) mass is 358 g/mol. The first-order chi connectivity index (χ1) is 12.0. The predicted octanol–water partition coefficient (Wildman–Crippen LogP) is 3.79. The van der Waals surface area contributed by atoms with Gasteiger partial charge in [0, 0.05) is 13.0 Å². The lowest BCUT2D eigenvalue weighted by Crippen LogP contribution is -2.27. The molecule has 2 aromatic carbocycles. The number of benzene rings is 2. The normalized spacial score (nSPS) is 13.8. The van der Waals surface area contributed by atoms with Crippen LogP contribution in [-0.4, -0.2) is 25.0 Å². The molecule has 0 atom stereocenters. The molecule has 0 aliphatic carbocycles. The number of ether oxygens (including phenoxy) is 1. The first-order valence-corrected chi connectivity index (χ1v) is 8.50. The maximum absolute atomic E-state index is 12.2. The number of carbonyl (C=O) groups excluding carboxylic acids is 2. The zero-order valence-electron chi connectivity index (χ0n) is 13.9. The molecule has 0 unspecified atom stereocenters. The van der Waals surface area contributed by atoms with Crippen molar-refractivity contribution in [2.75, 3.05) is 23.4 Å². The molecule has 1 heterocycles. The van der Waals surface area contributed by atoms with Gasteiger partial charge in [-0.2, -0.15) is 0 Å². The SMILES string of the molecule is Cc1ccc(Cl)c(OCC(=O)Nc2ccccc2N2CCCC2=O)c1. The summed E-state index contributed by atoms with van der Waals surface area (Å²) in [5.41, 5.74) is 2.31. The highest BCUT2D eigenvalue weighted by Crippen LogP contribution is 2.29. The van der Waals surface area contributed by atoms with Crippen LogP contribution in [0.4, 0.5) is 11.4 Å². The third-order valence-corrected chi connectivity index (χ3v) is 4.30. The van der Waals surface area contributed by atoms with Gasteiger partial charge in [-0.1, -0.05) is 29.8 Å². The minimum atomic E-state index is -0.309. The van der Waals surface area contributed by atoms with E-state index in [1.54, 1.807) is 23.1 Å². The number of hydrogen-bond donors (Lipinski definition) is 1. The van der Waals surface area contributed by atoms with Crippen molar-refractivity contribution in [1.82, 2.24) is 0 Å². The fourth-order valence-corrected chi connectivity index (χ4v) is 2.94. The van der Waals surface area contributed by atoms with Crippen LogP contribution in [-0.2, 0) is 9.59 Å². The van der Waals surface area contributed by atoms with E-state index in [0.29, 0.717) is 35.1 Å². The number of nitrogens with zero attached hydrogens (tertiary/aromatic N) is 1. The van der Waals surface area contributed by atoms with Crippen LogP contribution in [0.15, 0.2) is 42.5 Å². The van der Waals surface area contributed by atoms with Gasteiger partial charge in [-0.05, 0) is 43.2 Å². The maximum atomic E-state index is 12.2. The minimum absolute atomic E-state index is 0.0736. The van der Waals surface area contributed by atoms with Crippen LogP contribution in [0, 0.1) is 6.92 Å². The number of aryl methyl sites for hydroxylation is 1. The van der Waals surface area contributed by atoms with Crippen molar-refractivity contribution in [3.8, 4) is 5.75 Å². The summed E-state index contributed by atoms with van der Waals surface area (Å²) in [6.45, 7) is 2.43. The first-order valence-electron chi connectivity index (χ1n) is 8.13. The summed E-state index contributed by atoms with van der Waals surface area (Å²) in [6.07, 6.45) is 1.37. The second kappa shape index (κ2) is 7.57. The summed E-state index contributed by atoms with van der Waals surface area (Å²) < 4.78 is 5.51. The van der Waals surface area contributed by atoms with Gasteiger partial charge in [0.1, 0.15) is 5.75 Å². The van der Waals surface area contributed by atoms with Crippen LogP contribution in [0.25, 0.3) is 0 Å². The van der Waals surface area contributed by atoms with Crippen LogP contribution in [0.3, 0.4) is 0 Å². The lowest BCUT2D eigenvalue weighted by molar-refractivity contribution is -0.118. The van der Waals surface area contributed by atoms with E-state index >= 15 is 0 Å². The van der Waals surface area contributed by atoms with Crippen LogP contribution in [0.1, 0.15) is 18.4 Å². The van der Waals surface area contributed by atoms with Crippen molar-refractivity contribution in [3.63, 3.8) is 0 Å². The van der Waals surface area contributed by atoms with Crippen molar-refractivity contribution < 1.29 is 14.3 Å². The van der Waals surface area contributed by atoms with Gasteiger partial charge in [0.2, 0.25) is 5.91 Å². The summed E-state index contributed by atoms with van der Waals surface area (Å²) >= 11 is 6.07. The Labute approximate surface area is 151 Å². The van der Waals surface area contributed by atoms with Crippen molar-refractivity contribution in [3.05, 3.63) is 53.1 Å². The Bertz CT molecular complexity index is 807. The third-order valence-electron chi connectivity index (χ3n) is 3.99. The fourth-order valence-electron chi connectivity index (χ4n) is 2.77. The number of hydrogen-bond acceptors (Lipinski definition) is 3. The Hall–Kier alpha value is -2.53. The number of anilines is 2. The predicted molar refractivity (Wildman–Crippen MR) is 98.3 cm³/mol. The topological polar surface area (TPSA) is 58.6 Å². The Morgan fingerprint density at radius 2 is 2.08 bits per heavy atom. The van der Waals surface area contributed by atoms with Gasteiger partial charge in [0.25, 0.3) is 5.91 Å². The number of carbonyl (C=O) groups is 2. The van der Waals surface area contributed by atoms with Crippen LogP contribution >= 0.6 is 11.6 Å². The van der Waals surface area contributed by atoms with Crippen molar-refractivity contribution >= 4 is 34.8 Å². The Morgan fingerprint density at radius 3 is 2.84 bits per heavy atom. The number of amides is 2. The number of para-hydroxylation sites is 2. The quantitative estimate of drug-likeness (QED) is 0.884. The Balaban J connectivity index is 1.67. The molecule has 1 aliphatic heterocycles. The molecule has 0 saturated carbocycles. The molecule has 0 radical (unpaired) electrons. The van der Waals surface area contributed by atoms with E-state index < -0.39 is 0 Å². The van der Waals surface area contributed by atoms with Gasteiger partial charge in [-0.25, -0.2) is 0 Å². The standard InChI is InChI=1S/C19H19ClN2O3/c1-13-8-9-14(20)17(11-13)25-12-18(23)21-15-5-2-3-6-16(15)22-10-4-7-19(22)24/h2-3,5-6,8-9,11H,4,7,10,12H2,1H3,(H,21,23). The molecule has 0 spiro atoms. The molecule has 0 aromatic heterocycles. The van der Waals surface area contributed by atoms with E-state index in [1.807, 2.05) is 31.2 Å². The molecule has 5 nitrogen and oxygen atoms in total. The lowest BCUT2D eigenvalue weighted by Gasteiger charge is -2.20. The van der Waals surface area contributed by atoms with Crippen LogP contribution < -0.4 is 15.0 Å². The van der Waals surface area contributed by atoms with E-state index in [4.69, 9.17) is 16.3 Å². The zero-order valence-corrected chi connectivity index (χ0v) is 14.7. The van der Waals surface area contributed by atoms with Gasteiger partial charge in [0.15, 0.2) is 6.61 Å². The van der Waals surface area contributed by atoms with E-state index in [9.17, 15) is 9.59 Å². The average Bonchev–Trinajstić information content (AvgIpc) is 3.02. The Morgan fingerprint density at radius 1 is 1.28 bits per heavy atom. The highest BCUT2D eigenvalue weighted by atomic mass is 35.5. The van der Waals surface area contributed by atoms with Gasteiger partial charge in [0.05, 0.1) is 16.4 Å². The van der Waals surface area contributed by atoms with Crippen LogP contribution in [0.5, 0.6) is 5.75 Å². The van der Waals surface area contributed by atoms with E-state index in [2.05, 4.69) is 5.32 Å². The van der Waals surface area contributed by atoms with Crippen molar-refractivity contribution in [1.29, 1.82) is 0 Å². The molecule has 0 bridgehead atoms. The molecule has 2 aromatic rings. The molecule has 6 heteroatoms. The molecule has 1 aliphatic rings. The van der Waals surface area contributed by atoms with Gasteiger partial charge in [-0.3, -0.25) is 9.59 Å². The Kier molecular flexibility index (Phi) is 5.24. The average molecular weight is 359 g/mol. The number of rotatable bonds is 5. The highest BCUT2D eigenvalue weighted by molar-refractivity contribution is 6.32. The molecule has 130 valence electrons. The fraction of sp³-hybridized carbons (Fsp3) is 0.263. The van der Waals surface area contributed by atoms with Gasteiger partial charge in [-0.15, -0.1) is 0 Å². The third kappa shape index (κ3) is 4.12. The van der Waals surface area contributed by atoms with Gasteiger partial charge >= 0.3 is 0 Å². The zero-order chi connectivity index (χ0) is 17.8. The second-order valence-electron chi connectivity index (χ2n) is 5.94. The van der Waals surface area contributed by atoms with Crippen molar-refractivity contribution in [2.45, 2.75) is 19.8 Å². The second-order valence-corrected chi connectivity index (χ2v) is 6.34. The molecule has 1 saturated heterocycles. The summed E-state index contributed by atoms with van der Waals surface area (Å²) in [5, 5.41) is 3.27. The van der Waals surface area contributed by atoms with Gasteiger partial charge < -0.3 is 15.0 Å². The summed E-state index contributed by atoms with van der Waals surface area (Å²) in [4.78, 5) is 25.9. The summed E-state index contributed by atoms with van der Waals surface area (Å²) in [7, 11) is 0.